The number of halogens is 3. The zero-order chi connectivity index (χ0) is 11.1. The maximum atomic E-state index is 12.0. The Bertz CT molecular complexity index is 428. The van der Waals surface area contributed by atoms with Gasteiger partial charge in [-0.25, -0.2) is 0 Å². The number of alkyl halides is 3. The Morgan fingerprint density at radius 1 is 1.50 bits per heavy atom. The summed E-state index contributed by atoms with van der Waals surface area (Å²) in [6.45, 7) is 1.35. The van der Waals surface area contributed by atoms with E-state index in [1.54, 1.807) is 0 Å². The molecule has 0 bridgehead atoms. The summed E-state index contributed by atoms with van der Waals surface area (Å²) < 4.78 is 57.2. The van der Waals surface area contributed by atoms with Gasteiger partial charge in [0, 0.05) is 11.8 Å². The first-order chi connectivity index (χ1) is 6.16. The van der Waals surface area contributed by atoms with Crippen molar-refractivity contribution in [1.82, 2.24) is 9.19 Å². The molecule has 0 aliphatic rings. The fourth-order valence-corrected chi connectivity index (χ4v) is 1.38. The van der Waals surface area contributed by atoms with Gasteiger partial charge in [-0.2, -0.15) is 25.7 Å². The lowest BCUT2D eigenvalue weighted by molar-refractivity contribution is -0.0449. The van der Waals surface area contributed by atoms with Crippen LogP contribution in [0.1, 0.15) is 5.56 Å². The van der Waals surface area contributed by atoms with Gasteiger partial charge in [0.25, 0.3) is 0 Å². The first-order valence-corrected chi connectivity index (χ1v) is 4.74. The Kier molecular flexibility index (Phi) is 2.22. The molecule has 0 saturated heterocycles. The number of nitrogens with two attached hydrogens (primary N) is 1. The van der Waals surface area contributed by atoms with Gasteiger partial charge in [0.1, 0.15) is 5.82 Å². The van der Waals surface area contributed by atoms with Crippen LogP contribution in [0.3, 0.4) is 0 Å². The van der Waals surface area contributed by atoms with Crippen molar-refractivity contribution >= 4 is 15.8 Å². The quantitative estimate of drug-likeness (QED) is 0.759. The predicted octanol–water partition coefficient (Wildman–Crippen LogP) is 0.471. The monoisotopic (exact) mass is 229 g/mol. The number of aryl methyl sites for hydroxylation is 1. The van der Waals surface area contributed by atoms with Crippen molar-refractivity contribution in [1.29, 1.82) is 0 Å². The van der Waals surface area contributed by atoms with Gasteiger partial charge in [-0.05, 0) is 6.92 Å². The minimum absolute atomic E-state index is 0.165. The molecule has 2 N–H and O–H groups in total. The second-order valence-electron chi connectivity index (χ2n) is 2.52. The standard InChI is InChI=1S/C5H6F3N3O2S/c1-3-2-11(10-4(3)9)14(12,13)5(6,7)8/h2H,1H3,(H2,9,10). The molecule has 9 heteroatoms. The molecule has 0 amide bonds. The summed E-state index contributed by atoms with van der Waals surface area (Å²) in [5, 5.41) is 3.03. The molecule has 1 aromatic heterocycles. The smallest absolute Gasteiger partial charge is 0.382 e. The van der Waals surface area contributed by atoms with E-state index in [1.807, 2.05) is 0 Å². The summed E-state index contributed by atoms with van der Waals surface area (Å²) in [5.74, 6) is -0.252. The Morgan fingerprint density at radius 2 is 2.00 bits per heavy atom. The third-order valence-electron chi connectivity index (χ3n) is 1.45. The van der Waals surface area contributed by atoms with E-state index in [2.05, 4.69) is 5.10 Å². The molecule has 0 atom stereocenters. The summed E-state index contributed by atoms with van der Waals surface area (Å²) in [4.78, 5) is 0. The normalized spacial score (nSPS) is 13.1. The molecule has 0 unspecified atom stereocenters. The molecule has 0 aromatic carbocycles. The van der Waals surface area contributed by atoms with Crippen LogP contribution in [-0.2, 0) is 10.0 Å². The molecular formula is C5H6F3N3O2S. The van der Waals surface area contributed by atoms with Crippen LogP contribution in [0.2, 0.25) is 0 Å². The van der Waals surface area contributed by atoms with Crippen LogP contribution in [0.5, 0.6) is 0 Å². The van der Waals surface area contributed by atoms with Crippen LogP contribution in [0.15, 0.2) is 6.20 Å². The third kappa shape index (κ3) is 1.54. The van der Waals surface area contributed by atoms with Crippen molar-refractivity contribution in [2.45, 2.75) is 12.4 Å². The average Bonchev–Trinajstić information content (AvgIpc) is 2.30. The lowest BCUT2D eigenvalue weighted by Gasteiger charge is -2.06. The number of nitrogen functional groups attached to an aromatic ring is 1. The number of nitrogens with zero attached hydrogens (tertiary/aromatic N) is 2. The largest absolute Gasteiger partial charge is 0.518 e. The number of anilines is 1. The van der Waals surface area contributed by atoms with E-state index in [0.29, 0.717) is 6.20 Å². The highest BCUT2D eigenvalue weighted by atomic mass is 32.2. The topological polar surface area (TPSA) is 78.0 Å². The minimum Gasteiger partial charge on any atom is -0.382 e. The highest BCUT2D eigenvalue weighted by Gasteiger charge is 2.48. The maximum Gasteiger partial charge on any atom is 0.518 e. The van der Waals surface area contributed by atoms with Crippen LogP contribution in [0, 0.1) is 6.92 Å². The molecule has 0 aliphatic heterocycles. The molecule has 5 nitrogen and oxygen atoms in total. The lowest BCUT2D eigenvalue weighted by Crippen LogP contribution is -2.30. The van der Waals surface area contributed by atoms with Gasteiger partial charge in [-0.3, -0.25) is 0 Å². The SMILES string of the molecule is Cc1cn(S(=O)(=O)C(F)(F)F)nc1N. The summed E-state index contributed by atoms with van der Waals surface area (Å²) in [5.41, 5.74) is -0.0956. The number of rotatable bonds is 1. The summed E-state index contributed by atoms with van der Waals surface area (Å²) in [6.07, 6.45) is 0.707. The van der Waals surface area contributed by atoms with Gasteiger partial charge in [-0.15, -0.1) is 5.10 Å². The summed E-state index contributed by atoms with van der Waals surface area (Å²) in [7, 11) is -5.45. The van der Waals surface area contributed by atoms with Gasteiger partial charge >= 0.3 is 15.5 Å². The number of hydrogen-bond acceptors (Lipinski definition) is 4. The second-order valence-corrected chi connectivity index (χ2v) is 4.31. The molecule has 1 rings (SSSR count). The highest BCUT2D eigenvalue weighted by Crippen LogP contribution is 2.25. The molecule has 0 saturated carbocycles. The van der Waals surface area contributed by atoms with Crippen LogP contribution >= 0.6 is 0 Å². The Hall–Kier alpha value is -1.25. The predicted molar refractivity (Wildman–Crippen MR) is 41.7 cm³/mol. The van der Waals surface area contributed by atoms with E-state index in [4.69, 9.17) is 5.73 Å². The van der Waals surface area contributed by atoms with Crippen molar-refractivity contribution in [2.24, 2.45) is 0 Å². The van der Waals surface area contributed by atoms with Crippen molar-refractivity contribution < 1.29 is 21.6 Å². The van der Waals surface area contributed by atoms with E-state index < -0.39 is 15.5 Å². The molecule has 14 heavy (non-hydrogen) atoms. The van der Waals surface area contributed by atoms with E-state index in [-0.39, 0.29) is 15.5 Å². The second kappa shape index (κ2) is 2.87. The lowest BCUT2D eigenvalue weighted by atomic mass is 10.4. The fraction of sp³-hybridized carbons (Fsp3) is 0.400. The van der Waals surface area contributed by atoms with E-state index in [1.165, 1.54) is 6.92 Å². The van der Waals surface area contributed by atoms with E-state index >= 15 is 0 Å². The number of hydrogen-bond donors (Lipinski definition) is 1. The molecule has 1 aromatic rings. The van der Waals surface area contributed by atoms with Crippen molar-refractivity contribution in [3.63, 3.8) is 0 Å². The van der Waals surface area contributed by atoms with Crippen LogP contribution in [-0.4, -0.2) is 23.1 Å². The average molecular weight is 229 g/mol. The Labute approximate surface area is 77.4 Å². The van der Waals surface area contributed by atoms with Gasteiger partial charge in [0.2, 0.25) is 0 Å². The first kappa shape index (κ1) is 10.8. The minimum atomic E-state index is -5.45. The van der Waals surface area contributed by atoms with Crippen molar-refractivity contribution in [3.8, 4) is 0 Å². The maximum absolute atomic E-state index is 12.0. The van der Waals surface area contributed by atoms with Crippen molar-refractivity contribution in [2.75, 3.05) is 5.73 Å². The number of aromatic nitrogens is 2. The fourth-order valence-electron chi connectivity index (χ4n) is 0.675. The molecule has 0 radical (unpaired) electrons. The summed E-state index contributed by atoms with van der Waals surface area (Å²) in [6, 6.07) is 0. The molecule has 0 spiro atoms. The summed E-state index contributed by atoms with van der Waals surface area (Å²) >= 11 is 0. The molecule has 0 fully saturated rings. The molecule has 0 aliphatic carbocycles. The van der Waals surface area contributed by atoms with Gasteiger partial charge < -0.3 is 5.73 Å². The zero-order valence-corrected chi connectivity index (χ0v) is 7.72. The Balaban J connectivity index is 3.32. The highest BCUT2D eigenvalue weighted by molar-refractivity contribution is 7.90. The molecule has 1 heterocycles. The van der Waals surface area contributed by atoms with Gasteiger partial charge in [0.05, 0.1) is 0 Å². The van der Waals surface area contributed by atoms with Crippen LogP contribution in [0.4, 0.5) is 19.0 Å². The third-order valence-corrected chi connectivity index (χ3v) is 2.72. The van der Waals surface area contributed by atoms with Crippen molar-refractivity contribution in [3.05, 3.63) is 11.8 Å². The van der Waals surface area contributed by atoms with E-state index in [0.717, 1.165) is 0 Å². The van der Waals surface area contributed by atoms with Gasteiger partial charge in [0.15, 0.2) is 0 Å². The molecular weight excluding hydrogens is 223 g/mol. The van der Waals surface area contributed by atoms with Crippen LogP contribution < -0.4 is 5.73 Å². The molecule has 80 valence electrons. The van der Waals surface area contributed by atoms with Crippen LogP contribution in [0.25, 0.3) is 0 Å². The van der Waals surface area contributed by atoms with Gasteiger partial charge in [-0.1, -0.05) is 0 Å². The first-order valence-electron chi connectivity index (χ1n) is 3.30. The van der Waals surface area contributed by atoms with E-state index in [9.17, 15) is 21.6 Å². The zero-order valence-electron chi connectivity index (χ0n) is 6.91. The Morgan fingerprint density at radius 3 is 2.29 bits per heavy atom.